The van der Waals surface area contributed by atoms with Gasteiger partial charge in [0.2, 0.25) is 29.5 Å². The van der Waals surface area contributed by atoms with Gasteiger partial charge in [0, 0.05) is 43.9 Å². The number of esters is 1. The molecule has 318 valence electrons. The molecule has 0 aromatic heterocycles. The van der Waals surface area contributed by atoms with Gasteiger partial charge >= 0.3 is 12.0 Å². The van der Waals surface area contributed by atoms with E-state index in [0.29, 0.717) is 31.0 Å². The number of cyclic esters (lactones) is 1. The molecule has 0 aliphatic carbocycles. The molecule has 7 amide bonds. The summed E-state index contributed by atoms with van der Waals surface area (Å²) in [5, 5.41) is 10.5. The maximum Gasteiger partial charge on any atom is 0.329 e. The molecule has 4 fully saturated rings. The van der Waals surface area contributed by atoms with Crippen LogP contribution < -0.4 is 27.0 Å². The Labute approximate surface area is 340 Å². The third-order valence-corrected chi connectivity index (χ3v) is 11.4. The standard InChI is InChI=1S/C41H52F2N8O8/c1-21-8-10-29(11-9-21)46-41(58)47-30(16-25-14-26(42)17-27(43)15-25)35(52)48-34-24(4)59-40(57)33-13-22(2)19-50(33)37(54)23(3)45-36(53)31-7-5-6-12-49(31)38(55)32-18-28(44)20-51(32)39(34)56/h8-11,14-15,17,22-24,28,30-34H,5-7,12-13,16,18-20,44H2,1-4H3,(H,45,53)(H,48,52)(H2,46,47,58)/t22-,23-,24-,28-,30-,31-,32-,33-,34-/m0/s1. The minimum atomic E-state index is -1.68. The number of carbonyl (C=O) groups excluding carboxylic acids is 7. The summed E-state index contributed by atoms with van der Waals surface area (Å²) in [5.41, 5.74) is 7.68. The van der Waals surface area contributed by atoms with Gasteiger partial charge in [-0.05, 0) is 88.6 Å². The minimum absolute atomic E-state index is 0.00715. The SMILES string of the molecule is Cc1ccc(NC(=O)N[C@@H](Cc2cc(F)cc(F)c2)C(=O)N[C@@H]2C(=O)N3C[C@@H](N)C[C@H]3C(=O)N3CCCC[C@H]3C(=O)N[C@@H](C)C(=O)N3C[C@@H](C)C[C@H]3C(=O)O[C@H]2C)cc1. The molecule has 4 aliphatic rings. The van der Waals surface area contributed by atoms with Crippen molar-refractivity contribution < 1.29 is 47.1 Å². The first-order valence-corrected chi connectivity index (χ1v) is 20.1. The van der Waals surface area contributed by atoms with Crippen molar-refractivity contribution in [3.8, 4) is 0 Å². The molecule has 16 nitrogen and oxygen atoms in total. The molecule has 0 radical (unpaired) electrons. The van der Waals surface area contributed by atoms with Crippen molar-refractivity contribution in [2.75, 3.05) is 25.0 Å². The molecule has 0 spiro atoms. The Morgan fingerprint density at radius 3 is 2.24 bits per heavy atom. The van der Waals surface area contributed by atoms with Crippen LogP contribution in [0.1, 0.15) is 64.0 Å². The highest BCUT2D eigenvalue weighted by Crippen LogP contribution is 2.29. The van der Waals surface area contributed by atoms with Gasteiger partial charge in [-0.1, -0.05) is 24.6 Å². The Balaban J connectivity index is 1.35. The third-order valence-electron chi connectivity index (χ3n) is 11.4. The second-order valence-electron chi connectivity index (χ2n) is 16.3. The van der Waals surface area contributed by atoms with Crippen LogP contribution in [0.2, 0.25) is 0 Å². The summed E-state index contributed by atoms with van der Waals surface area (Å²) in [6.45, 7) is 6.88. The van der Waals surface area contributed by atoms with Gasteiger partial charge in [0.25, 0.3) is 0 Å². The number of hydrogen-bond acceptors (Lipinski definition) is 9. The van der Waals surface area contributed by atoms with Gasteiger partial charge in [0.1, 0.15) is 54.0 Å². The highest BCUT2D eigenvalue weighted by Gasteiger charge is 2.48. The Bertz CT molecular complexity index is 1950. The number of nitrogens with zero attached hydrogens (tertiary/aromatic N) is 3. The molecule has 4 heterocycles. The zero-order valence-electron chi connectivity index (χ0n) is 33.5. The van der Waals surface area contributed by atoms with Gasteiger partial charge in [-0.25, -0.2) is 18.4 Å². The van der Waals surface area contributed by atoms with Crippen molar-refractivity contribution in [3.05, 3.63) is 65.2 Å². The molecule has 2 aromatic rings. The molecule has 0 unspecified atom stereocenters. The van der Waals surface area contributed by atoms with Crippen molar-refractivity contribution in [1.82, 2.24) is 30.7 Å². The van der Waals surface area contributed by atoms with E-state index in [1.54, 1.807) is 24.3 Å². The number of amides is 7. The van der Waals surface area contributed by atoms with Gasteiger partial charge in [0.05, 0.1) is 0 Å². The topological polar surface area (TPSA) is 213 Å². The molecule has 0 saturated carbocycles. The summed E-state index contributed by atoms with van der Waals surface area (Å²) in [6, 6.07) is 0.458. The number of anilines is 1. The predicted molar refractivity (Wildman–Crippen MR) is 209 cm³/mol. The monoisotopic (exact) mass is 822 g/mol. The quantitative estimate of drug-likeness (QED) is 0.267. The van der Waals surface area contributed by atoms with Gasteiger partial charge in [-0.15, -0.1) is 0 Å². The van der Waals surface area contributed by atoms with Gasteiger partial charge in [0.15, 0.2) is 0 Å². The number of nitrogens with one attached hydrogen (secondary N) is 4. The lowest BCUT2D eigenvalue weighted by atomic mass is 9.98. The van der Waals surface area contributed by atoms with Crippen molar-refractivity contribution in [2.24, 2.45) is 11.7 Å². The first kappa shape index (κ1) is 42.9. The van der Waals surface area contributed by atoms with Crippen LogP contribution in [0.3, 0.4) is 0 Å². The molecular formula is C41H52F2N8O8. The Kier molecular flexibility index (Phi) is 13.2. The maximum atomic E-state index is 14.8. The summed E-state index contributed by atoms with van der Waals surface area (Å²) in [4.78, 5) is 102. The number of halogens is 2. The zero-order valence-corrected chi connectivity index (χ0v) is 33.5. The van der Waals surface area contributed by atoms with Crippen molar-refractivity contribution >= 4 is 47.2 Å². The molecule has 0 bridgehead atoms. The van der Waals surface area contributed by atoms with Crippen LogP contribution in [0.4, 0.5) is 19.3 Å². The van der Waals surface area contributed by atoms with E-state index in [2.05, 4.69) is 21.3 Å². The lowest BCUT2D eigenvalue weighted by molar-refractivity contribution is -0.163. The zero-order chi connectivity index (χ0) is 42.7. The van der Waals surface area contributed by atoms with E-state index >= 15 is 0 Å². The number of piperidine rings is 1. The van der Waals surface area contributed by atoms with Gasteiger partial charge in [-0.3, -0.25) is 24.0 Å². The largest absolute Gasteiger partial charge is 0.458 e. The molecule has 2 aromatic carbocycles. The molecule has 9 atom stereocenters. The number of benzene rings is 2. The number of urea groups is 1. The fraction of sp³-hybridized carbons (Fsp3) is 0.537. The minimum Gasteiger partial charge on any atom is -0.458 e. The number of hydrogen-bond donors (Lipinski definition) is 5. The molecule has 18 heteroatoms. The van der Waals surface area contributed by atoms with Crippen LogP contribution in [-0.4, -0.2) is 124 Å². The fourth-order valence-corrected chi connectivity index (χ4v) is 8.42. The number of rotatable bonds is 6. The Hall–Kier alpha value is -5.65. The number of ether oxygens (including phenoxy) is 1. The molecular weight excluding hydrogens is 770 g/mol. The van der Waals surface area contributed by atoms with Gasteiger partial charge in [-0.2, -0.15) is 0 Å². The highest BCUT2D eigenvalue weighted by atomic mass is 19.1. The normalized spacial score (nSPS) is 28.5. The highest BCUT2D eigenvalue weighted by molar-refractivity contribution is 5.99. The number of aryl methyl sites for hydroxylation is 1. The average Bonchev–Trinajstić information content (AvgIpc) is 3.78. The molecule has 4 saturated heterocycles. The second kappa shape index (κ2) is 18.1. The summed E-state index contributed by atoms with van der Waals surface area (Å²) < 4.78 is 34.6. The van der Waals surface area contributed by atoms with Crippen molar-refractivity contribution in [1.29, 1.82) is 0 Å². The smallest absolute Gasteiger partial charge is 0.329 e. The Morgan fingerprint density at radius 1 is 0.864 bits per heavy atom. The fourth-order valence-electron chi connectivity index (χ4n) is 8.42. The van der Waals surface area contributed by atoms with E-state index in [0.717, 1.165) is 17.7 Å². The van der Waals surface area contributed by atoms with E-state index in [9.17, 15) is 42.3 Å². The lowest BCUT2D eigenvalue weighted by Crippen LogP contribution is -2.63. The molecule has 59 heavy (non-hydrogen) atoms. The maximum absolute atomic E-state index is 14.8. The summed E-state index contributed by atoms with van der Waals surface area (Å²) in [5.74, 6) is -6.26. The van der Waals surface area contributed by atoms with Crippen LogP contribution in [0.5, 0.6) is 0 Å². The third kappa shape index (κ3) is 9.97. The molecule has 6 N–H and O–H groups in total. The first-order valence-electron chi connectivity index (χ1n) is 20.1. The summed E-state index contributed by atoms with van der Waals surface area (Å²) in [6.07, 6.45) is -0.0397. The number of carbonyl (C=O) groups is 7. The summed E-state index contributed by atoms with van der Waals surface area (Å²) >= 11 is 0. The van der Waals surface area contributed by atoms with Crippen LogP contribution in [0.25, 0.3) is 0 Å². The van der Waals surface area contributed by atoms with E-state index < -0.39 is 108 Å². The van der Waals surface area contributed by atoms with Crippen LogP contribution in [-0.2, 0) is 39.9 Å². The van der Waals surface area contributed by atoms with Crippen LogP contribution in [0.15, 0.2) is 42.5 Å². The number of fused-ring (bicyclic) bond motifs is 3. The predicted octanol–water partition coefficient (Wildman–Crippen LogP) is 1.49. The molecule has 4 aliphatic heterocycles. The van der Waals surface area contributed by atoms with E-state index in [-0.39, 0.29) is 44.0 Å². The van der Waals surface area contributed by atoms with Gasteiger partial charge < -0.3 is 46.4 Å². The van der Waals surface area contributed by atoms with E-state index in [4.69, 9.17) is 10.5 Å². The molecule has 6 rings (SSSR count). The second-order valence-corrected chi connectivity index (χ2v) is 16.3. The first-order chi connectivity index (χ1) is 28.0. The lowest BCUT2D eigenvalue weighted by Gasteiger charge is -2.39. The number of nitrogens with two attached hydrogens (primary N) is 1. The van der Waals surface area contributed by atoms with Crippen molar-refractivity contribution in [3.63, 3.8) is 0 Å². The Morgan fingerprint density at radius 2 is 1.54 bits per heavy atom. The van der Waals surface area contributed by atoms with Crippen LogP contribution in [0, 0.1) is 24.5 Å². The summed E-state index contributed by atoms with van der Waals surface area (Å²) in [7, 11) is 0. The van der Waals surface area contributed by atoms with Crippen molar-refractivity contribution in [2.45, 2.75) is 115 Å². The van der Waals surface area contributed by atoms with Crippen LogP contribution >= 0.6 is 0 Å². The van der Waals surface area contributed by atoms with E-state index in [1.165, 1.54) is 28.5 Å². The average molecular weight is 823 g/mol. The van der Waals surface area contributed by atoms with E-state index in [1.807, 2.05) is 13.8 Å².